The number of Topliss-reactive ketones (excluding diaryl/α,β-unsaturated/α-hetero) is 1. The van der Waals surface area contributed by atoms with Crippen molar-refractivity contribution in [1.82, 2.24) is 0 Å². The molecule has 4 atom stereocenters. The molecule has 1 fully saturated rings. The fourth-order valence-electron chi connectivity index (χ4n) is 3.52. The minimum absolute atomic E-state index is 0.0252. The smallest absolute Gasteiger partial charge is 0.185 e. The van der Waals surface area contributed by atoms with E-state index in [9.17, 15) is 9.59 Å². The standard InChI is InChI=1S/C24H28O5S/c1-17(25)13-21-23(27-14-19-9-5-3-6-10-19)24(22(29-21)16-30-18(2)26)28-15-20-11-7-4-8-12-20/h3-12,21-24H,13-16H2,1-2H3/t21-,22-,23-,24-/m0/s1. The molecule has 1 heterocycles. The lowest BCUT2D eigenvalue weighted by Gasteiger charge is -2.25. The molecular weight excluding hydrogens is 400 g/mol. The van der Waals surface area contributed by atoms with Crippen LogP contribution in [0.3, 0.4) is 0 Å². The van der Waals surface area contributed by atoms with E-state index in [1.54, 1.807) is 6.92 Å². The van der Waals surface area contributed by atoms with Gasteiger partial charge in [0.25, 0.3) is 0 Å². The van der Waals surface area contributed by atoms with Gasteiger partial charge in [0.2, 0.25) is 0 Å². The van der Waals surface area contributed by atoms with Crippen LogP contribution in [0.1, 0.15) is 31.4 Å². The maximum absolute atomic E-state index is 11.8. The van der Waals surface area contributed by atoms with Crippen LogP contribution in [0.2, 0.25) is 0 Å². The molecule has 0 bridgehead atoms. The lowest BCUT2D eigenvalue weighted by molar-refractivity contribution is -0.122. The maximum atomic E-state index is 11.8. The lowest BCUT2D eigenvalue weighted by atomic mass is 10.0. The van der Waals surface area contributed by atoms with Crippen molar-refractivity contribution >= 4 is 22.7 Å². The summed E-state index contributed by atoms with van der Waals surface area (Å²) < 4.78 is 18.7. The van der Waals surface area contributed by atoms with Gasteiger partial charge in [0.05, 0.1) is 25.4 Å². The number of carbonyl (C=O) groups is 2. The number of ether oxygens (including phenoxy) is 3. The largest absolute Gasteiger partial charge is 0.368 e. The summed E-state index contributed by atoms with van der Waals surface area (Å²) >= 11 is 1.21. The predicted molar refractivity (Wildman–Crippen MR) is 117 cm³/mol. The van der Waals surface area contributed by atoms with E-state index in [2.05, 4.69) is 0 Å². The number of rotatable bonds is 10. The third-order valence-electron chi connectivity index (χ3n) is 4.92. The van der Waals surface area contributed by atoms with Gasteiger partial charge in [-0.2, -0.15) is 0 Å². The molecule has 1 saturated heterocycles. The summed E-state index contributed by atoms with van der Waals surface area (Å²) in [6.07, 6.45) is -1.23. The van der Waals surface area contributed by atoms with Crippen LogP contribution in [-0.2, 0) is 37.0 Å². The molecule has 3 rings (SSSR count). The number of ketones is 1. The summed E-state index contributed by atoms with van der Waals surface area (Å²) in [4.78, 5) is 23.4. The molecule has 2 aromatic rings. The van der Waals surface area contributed by atoms with E-state index in [-0.39, 0.29) is 29.5 Å². The first-order valence-corrected chi connectivity index (χ1v) is 11.1. The molecule has 160 valence electrons. The third-order valence-corrected chi connectivity index (χ3v) is 5.82. The molecule has 0 aromatic heterocycles. The molecule has 6 heteroatoms. The maximum Gasteiger partial charge on any atom is 0.185 e. The van der Waals surface area contributed by atoms with E-state index in [1.165, 1.54) is 18.7 Å². The summed E-state index contributed by atoms with van der Waals surface area (Å²) in [6.45, 7) is 3.90. The molecule has 0 aliphatic carbocycles. The van der Waals surface area contributed by atoms with E-state index in [1.807, 2.05) is 60.7 Å². The predicted octanol–water partition coefficient (Wildman–Crippen LogP) is 4.18. The average molecular weight is 429 g/mol. The number of benzene rings is 2. The van der Waals surface area contributed by atoms with Crippen LogP contribution in [0.4, 0.5) is 0 Å². The molecule has 0 amide bonds. The number of carbonyl (C=O) groups excluding carboxylic acids is 2. The second kappa shape index (κ2) is 11.4. The van der Waals surface area contributed by atoms with Crippen molar-refractivity contribution in [2.24, 2.45) is 0 Å². The van der Waals surface area contributed by atoms with E-state index >= 15 is 0 Å². The second-order valence-corrected chi connectivity index (χ2v) is 8.64. The Morgan fingerprint density at radius 2 is 1.33 bits per heavy atom. The van der Waals surface area contributed by atoms with Gasteiger partial charge >= 0.3 is 0 Å². The summed E-state index contributed by atoms with van der Waals surface area (Å²) in [5.74, 6) is 0.504. The summed E-state index contributed by atoms with van der Waals surface area (Å²) in [5.41, 5.74) is 2.09. The number of hydrogen-bond donors (Lipinski definition) is 0. The van der Waals surface area contributed by atoms with Crippen LogP contribution >= 0.6 is 11.8 Å². The zero-order valence-electron chi connectivity index (χ0n) is 17.4. The molecular formula is C24H28O5S. The Morgan fingerprint density at radius 1 is 0.833 bits per heavy atom. The first-order chi connectivity index (χ1) is 14.5. The lowest BCUT2D eigenvalue weighted by Crippen LogP contribution is -2.38. The third kappa shape index (κ3) is 6.77. The monoisotopic (exact) mass is 428 g/mol. The van der Waals surface area contributed by atoms with E-state index < -0.39 is 12.2 Å². The molecule has 0 spiro atoms. The topological polar surface area (TPSA) is 61.8 Å². The normalized spacial score (nSPS) is 23.4. The van der Waals surface area contributed by atoms with Crippen LogP contribution in [0.15, 0.2) is 60.7 Å². The van der Waals surface area contributed by atoms with E-state index in [4.69, 9.17) is 14.2 Å². The van der Waals surface area contributed by atoms with Crippen LogP contribution < -0.4 is 0 Å². The van der Waals surface area contributed by atoms with Crippen molar-refractivity contribution in [1.29, 1.82) is 0 Å². The Morgan fingerprint density at radius 3 is 1.80 bits per heavy atom. The Bertz CT molecular complexity index is 811. The average Bonchev–Trinajstić information content (AvgIpc) is 3.06. The van der Waals surface area contributed by atoms with Gasteiger partial charge in [-0.05, 0) is 18.1 Å². The fourth-order valence-corrected chi connectivity index (χ4v) is 4.19. The molecule has 1 aliphatic rings. The van der Waals surface area contributed by atoms with Crippen molar-refractivity contribution in [2.45, 2.75) is 57.9 Å². The first kappa shape index (κ1) is 22.7. The molecule has 30 heavy (non-hydrogen) atoms. The van der Waals surface area contributed by atoms with Gasteiger partial charge in [-0.3, -0.25) is 9.59 Å². The Balaban J connectivity index is 1.76. The van der Waals surface area contributed by atoms with Gasteiger partial charge in [0.1, 0.15) is 18.0 Å². The summed E-state index contributed by atoms with van der Waals surface area (Å²) in [6, 6.07) is 19.8. The van der Waals surface area contributed by atoms with Crippen molar-refractivity contribution in [3.63, 3.8) is 0 Å². The van der Waals surface area contributed by atoms with Gasteiger partial charge in [-0.1, -0.05) is 72.4 Å². The number of hydrogen-bond acceptors (Lipinski definition) is 6. The molecule has 0 saturated carbocycles. The molecule has 0 radical (unpaired) electrons. The van der Waals surface area contributed by atoms with Gasteiger partial charge in [0, 0.05) is 19.1 Å². The van der Waals surface area contributed by atoms with Gasteiger partial charge in [0.15, 0.2) is 5.12 Å². The Hall–Kier alpha value is -1.99. The van der Waals surface area contributed by atoms with Crippen LogP contribution in [0, 0.1) is 0 Å². The molecule has 0 N–H and O–H groups in total. The molecule has 1 aliphatic heterocycles. The molecule has 5 nitrogen and oxygen atoms in total. The Labute approximate surface area is 182 Å². The minimum atomic E-state index is -0.399. The molecule has 0 unspecified atom stereocenters. The van der Waals surface area contributed by atoms with E-state index in [0.717, 1.165) is 11.1 Å². The van der Waals surface area contributed by atoms with Gasteiger partial charge < -0.3 is 14.2 Å². The zero-order chi connectivity index (χ0) is 21.3. The van der Waals surface area contributed by atoms with Crippen molar-refractivity contribution in [3.8, 4) is 0 Å². The van der Waals surface area contributed by atoms with Crippen molar-refractivity contribution in [3.05, 3.63) is 71.8 Å². The summed E-state index contributed by atoms with van der Waals surface area (Å²) in [7, 11) is 0. The van der Waals surface area contributed by atoms with Gasteiger partial charge in [-0.25, -0.2) is 0 Å². The van der Waals surface area contributed by atoms with Crippen LogP contribution in [0.5, 0.6) is 0 Å². The van der Waals surface area contributed by atoms with Crippen LogP contribution in [0.25, 0.3) is 0 Å². The Kier molecular flexibility index (Phi) is 8.63. The van der Waals surface area contributed by atoms with Crippen LogP contribution in [-0.4, -0.2) is 41.1 Å². The highest BCUT2D eigenvalue weighted by molar-refractivity contribution is 8.13. The minimum Gasteiger partial charge on any atom is -0.368 e. The van der Waals surface area contributed by atoms with Crippen molar-refractivity contribution < 1.29 is 23.8 Å². The quantitative estimate of drug-likeness (QED) is 0.566. The molecule has 2 aromatic carbocycles. The highest BCUT2D eigenvalue weighted by atomic mass is 32.2. The highest BCUT2D eigenvalue weighted by Crippen LogP contribution is 2.32. The zero-order valence-corrected chi connectivity index (χ0v) is 18.2. The van der Waals surface area contributed by atoms with Crippen molar-refractivity contribution in [2.75, 3.05) is 5.75 Å². The second-order valence-electron chi connectivity index (χ2n) is 7.44. The fraction of sp³-hybridized carbons (Fsp3) is 0.417. The van der Waals surface area contributed by atoms with E-state index in [0.29, 0.717) is 19.0 Å². The number of thioether (sulfide) groups is 1. The SMILES string of the molecule is CC(=O)C[C@@H]1O[C@@H](CSC(C)=O)[C@H](OCc2ccccc2)[C@H]1OCc1ccccc1. The first-order valence-electron chi connectivity index (χ1n) is 10.1. The summed E-state index contributed by atoms with van der Waals surface area (Å²) in [5, 5.41) is 0.0252. The van der Waals surface area contributed by atoms with Gasteiger partial charge in [-0.15, -0.1) is 0 Å². The highest BCUT2D eigenvalue weighted by Gasteiger charge is 2.46.